The van der Waals surface area contributed by atoms with Crippen molar-refractivity contribution >= 4 is 16.9 Å². The Morgan fingerprint density at radius 3 is 2.11 bits per heavy atom. The van der Waals surface area contributed by atoms with Crippen molar-refractivity contribution in [1.82, 2.24) is 4.98 Å². The smallest absolute Gasteiger partial charge is 0.300 e. The van der Waals surface area contributed by atoms with Gasteiger partial charge in [-0.2, -0.15) is 0 Å². The SMILES string of the molecule is CC(=O)O.c1cc2cc-2c1.c1ccc2[nH]ccc2c1. The Morgan fingerprint density at radius 1 is 1.00 bits per heavy atom. The van der Waals surface area contributed by atoms with Crippen LogP contribution in [0.5, 0.6) is 0 Å². The van der Waals surface area contributed by atoms with E-state index >= 15 is 0 Å². The fourth-order valence-corrected chi connectivity index (χ4v) is 1.67. The number of carboxylic acids is 1. The summed E-state index contributed by atoms with van der Waals surface area (Å²) in [5.74, 6) is -0.833. The molecular formula is C16H15NO2. The number of aliphatic carboxylic acids is 1. The quantitative estimate of drug-likeness (QED) is 0.499. The van der Waals surface area contributed by atoms with Gasteiger partial charge < -0.3 is 10.1 Å². The zero-order valence-electron chi connectivity index (χ0n) is 10.6. The summed E-state index contributed by atoms with van der Waals surface area (Å²) in [5, 5.41) is 8.69. The van der Waals surface area contributed by atoms with E-state index < -0.39 is 5.97 Å². The van der Waals surface area contributed by atoms with E-state index in [-0.39, 0.29) is 0 Å². The number of hydrogen-bond donors (Lipinski definition) is 2. The van der Waals surface area contributed by atoms with Crippen molar-refractivity contribution in [2.75, 3.05) is 0 Å². The van der Waals surface area contributed by atoms with Crippen LogP contribution in [0.3, 0.4) is 0 Å². The molecule has 2 aromatic rings. The minimum absolute atomic E-state index is 0.833. The lowest BCUT2D eigenvalue weighted by Gasteiger charge is -1.83. The van der Waals surface area contributed by atoms with Crippen LogP contribution < -0.4 is 0 Å². The number of aromatic nitrogens is 1. The van der Waals surface area contributed by atoms with E-state index in [4.69, 9.17) is 9.90 Å². The van der Waals surface area contributed by atoms with E-state index in [2.05, 4.69) is 47.4 Å². The molecule has 3 nitrogen and oxygen atoms in total. The number of rotatable bonds is 0. The first-order valence-electron chi connectivity index (χ1n) is 5.99. The Balaban J connectivity index is 0.000000116. The van der Waals surface area contributed by atoms with Gasteiger partial charge in [0.25, 0.3) is 5.97 Å². The summed E-state index contributed by atoms with van der Waals surface area (Å²) in [5.41, 5.74) is 4.06. The molecule has 96 valence electrons. The first-order valence-corrected chi connectivity index (χ1v) is 5.99. The summed E-state index contributed by atoms with van der Waals surface area (Å²) in [6.07, 6.45) is 1.95. The summed E-state index contributed by atoms with van der Waals surface area (Å²) in [4.78, 5) is 12.1. The predicted molar refractivity (Wildman–Crippen MR) is 77.0 cm³/mol. The van der Waals surface area contributed by atoms with Crippen LogP contribution in [0.2, 0.25) is 0 Å². The second kappa shape index (κ2) is 5.87. The molecule has 19 heavy (non-hydrogen) atoms. The van der Waals surface area contributed by atoms with Crippen LogP contribution in [0.25, 0.3) is 22.0 Å². The average Bonchev–Trinajstić information content (AvgIpc) is 2.81. The molecule has 1 heterocycles. The number of H-pyrrole nitrogens is 1. The molecule has 0 aliphatic heterocycles. The number of carboxylic acid groups (broad SMARTS) is 1. The molecule has 2 aliphatic carbocycles. The molecule has 0 atom stereocenters. The van der Waals surface area contributed by atoms with Crippen molar-refractivity contribution in [3.8, 4) is 11.1 Å². The first kappa shape index (κ1) is 12.9. The fraction of sp³-hybridized carbons (Fsp3) is 0.0625. The number of para-hydroxylation sites is 1. The Hall–Kier alpha value is -2.55. The van der Waals surface area contributed by atoms with Crippen molar-refractivity contribution in [3.63, 3.8) is 0 Å². The molecular weight excluding hydrogens is 238 g/mol. The van der Waals surface area contributed by atoms with Gasteiger partial charge in [0.2, 0.25) is 0 Å². The number of hydrogen-bond acceptors (Lipinski definition) is 1. The molecule has 2 N–H and O–H groups in total. The van der Waals surface area contributed by atoms with Crippen LogP contribution in [0.4, 0.5) is 0 Å². The molecule has 0 unspecified atom stereocenters. The lowest BCUT2D eigenvalue weighted by atomic mass is 10.3. The highest BCUT2D eigenvalue weighted by molar-refractivity contribution is 5.80. The number of fused-ring (bicyclic) bond motifs is 2. The van der Waals surface area contributed by atoms with Crippen molar-refractivity contribution in [3.05, 3.63) is 60.8 Å². The van der Waals surface area contributed by atoms with Gasteiger partial charge in [-0.15, -0.1) is 0 Å². The standard InChI is InChI=1S/C8H7N.C6H4.C2H4O2/c1-2-4-8-7(3-1)5-6-9-8;1-2-5-4-6(5)3-1;1-2(3)4/h1-6,9H;1-4H;1H3,(H,3,4). The van der Waals surface area contributed by atoms with Crippen LogP contribution in [0.15, 0.2) is 60.8 Å². The van der Waals surface area contributed by atoms with E-state index in [0.29, 0.717) is 0 Å². The third-order valence-corrected chi connectivity index (χ3v) is 2.58. The molecule has 0 bridgehead atoms. The third-order valence-electron chi connectivity index (χ3n) is 2.58. The lowest BCUT2D eigenvalue weighted by Crippen LogP contribution is -1.78. The second-order valence-corrected chi connectivity index (χ2v) is 4.16. The molecule has 3 heteroatoms. The van der Waals surface area contributed by atoms with Crippen molar-refractivity contribution in [2.45, 2.75) is 6.92 Å². The van der Waals surface area contributed by atoms with E-state index in [1.54, 1.807) is 0 Å². The molecule has 1 aromatic carbocycles. The van der Waals surface area contributed by atoms with Crippen LogP contribution in [0, 0.1) is 0 Å². The molecule has 1 aromatic heterocycles. The Labute approximate surface area is 111 Å². The van der Waals surface area contributed by atoms with Crippen molar-refractivity contribution < 1.29 is 9.90 Å². The second-order valence-electron chi connectivity index (χ2n) is 4.16. The summed E-state index contributed by atoms with van der Waals surface area (Å²) < 4.78 is 0. The van der Waals surface area contributed by atoms with Crippen molar-refractivity contribution in [1.29, 1.82) is 0 Å². The number of aromatic amines is 1. The van der Waals surface area contributed by atoms with Crippen LogP contribution in [0.1, 0.15) is 6.92 Å². The van der Waals surface area contributed by atoms with E-state index in [1.807, 2.05) is 18.3 Å². The van der Waals surface area contributed by atoms with Gasteiger partial charge in [-0.3, -0.25) is 4.79 Å². The summed E-state index contributed by atoms with van der Waals surface area (Å²) in [6, 6.07) is 18.8. The van der Waals surface area contributed by atoms with Crippen molar-refractivity contribution in [2.24, 2.45) is 0 Å². The van der Waals surface area contributed by atoms with E-state index in [1.165, 1.54) is 22.0 Å². The molecule has 0 saturated carbocycles. The summed E-state index contributed by atoms with van der Waals surface area (Å²) in [6.45, 7) is 1.08. The maximum atomic E-state index is 9.00. The maximum Gasteiger partial charge on any atom is 0.300 e. The molecule has 0 radical (unpaired) electrons. The van der Waals surface area contributed by atoms with Gasteiger partial charge in [0.1, 0.15) is 0 Å². The lowest BCUT2D eigenvalue weighted by molar-refractivity contribution is -0.134. The zero-order chi connectivity index (χ0) is 13.7. The highest BCUT2D eigenvalue weighted by atomic mass is 16.4. The Bertz CT molecular complexity index is 634. The van der Waals surface area contributed by atoms with Crippen LogP contribution >= 0.6 is 0 Å². The van der Waals surface area contributed by atoms with E-state index in [0.717, 1.165) is 6.92 Å². The molecule has 2 aliphatic rings. The van der Waals surface area contributed by atoms with Crippen LogP contribution in [-0.4, -0.2) is 16.1 Å². The first-order chi connectivity index (χ1) is 9.16. The number of nitrogens with one attached hydrogen (secondary N) is 1. The highest BCUT2D eigenvalue weighted by Gasteiger charge is 2.06. The molecule has 0 saturated heterocycles. The van der Waals surface area contributed by atoms with Crippen LogP contribution in [-0.2, 0) is 4.79 Å². The Kier molecular flexibility index (Phi) is 3.98. The topological polar surface area (TPSA) is 53.1 Å². The number of carbonyl (C=O) groups is 1. The Morgan fingerprint density at radius 2 is 1.63 bits per heavy atom. The summed E-state index contributed by atoms with van der Waals surface area (Å²) >= 11 is 0. The summed E-state index contributed by atoms with van der Waals surface area (Å²) in [7, 11) is 0. The van der Waals surface area contributed by atoms with Gasteiger partial charge >= 0.3 is 0 Å². The average molecular weight is 253 g/mol. The van der Waals surface area contributed by atoms with Gasteiger partial charge in [0.15, 0.2) is 0 Å². The number of benzene rings is 2. The zero-order valence-corrected chi connectivity index (χ0v) is 10.6. The predicted octanol–water partition coefficient (Wildman–Crippen LogP) is 3.93. The van der Waals surface area contributed by atoms with Gasteiger partial charge in [-0.25, -0.2) is 0 Å². The monoisotopic (exact) mass is 253 g/mol. The highest BCUT2D eigenvalue weighted by Crippen LogP contribution is 2.32. The maximum absolute atomic E-state index is 9.00. The molecule has 0 amide bonds. The minimum Gasteiger partial charge on any atom is -0.481 e. The molecule has 4 rings (SSSR count). The van der Waals surface area contributed by atoms with Gasteiger partial charge in [-0.1, -0.05) is 36.4 Å². The van der Waals surface area contributed by atoms with Gasteiger partial charge in [0, 0.05) is 18.6 Å². The molecule has 0 spiro atoms. The largest absolute Gasteiger partial charge is 0.481 e. The van der Waals surface area contributed by atoms with Gasteiger partial charge in [0.05, 0.1) is 0 Å². The molecule has 0 fully saturated rings. The third kappa shape index (κ3) is 4.00. The van der Waals surface area contributed by atoms with E-state index in [9.17, 15) is 0 Å². The fourth-order valence-electron chi connectivity index (χ4n) is 1.67. The minimum atomic E-state index is -0.833. The van der Waals surface area contributed by atoms with Gasteiger partial charge in [-0.05, 0) is 34.7 Å². The normalized spacial score (nSPS) is 9.74.